The van der Waals surface area contributed by atoms with Gasteiger partial charge in [-0.05, 0) is 33.4 Å². The minimum absolute atomic E-state index is 0.413. The highest BCUT2D eigenvalue weighted by Crippen LogP contribution is 2.24. The summed E-state index contributed by atoms with van der Waals surface area (Å²) in [5.41, 5.74) is 0. The smallest absolute Gasteiger partial charge is 0.0829 e. The number of fused-ring (bicyclic) bond motifs is 1. The summed E-state index contributed by atoms with van der Waals surface area (Å²) in [6.07, 6.45) is 4.64. The van der Waals surface area contributed by atoms with Crippen LogP contribution in [0.2, 0.25) is 0 Å². The predicted octanol–water partition coefficient (Wildman–Crippen LogP) is 0.876. The molecule has 3 unspecified atom stereocenters. The summed E-state index contributed by atoms with van der Waals surface area (Å²) in [4.78, 5) is 7.80. The van der Waals surface area contributed by atoms with E-state index in [0.717, 1.165) is 32.3 Å². The molecule has 0 radical (unpaired) electrons. The molecule has 3 atom stereocenters. The molecule has 0 aromatic carbocycles. The molecular formula is C15H29N3O. The van der Waals surface area contributed by atoms with E-state index < -0.39 is 0 Å². The van der Waals surface area contributed by atoms with E-state index in [9.17, 15) is 0 Å². The number of hydrogen-bond acceptors (Lipinski definition) is 4. The molecule has 0 spiro atoms. The summed E-state index contributed by atoms with van der Waals surface area (Å²) in [5.74, 6) is 0. The zero-order valence-electron chi connectivity index (χ0n) is 12.6. The van der Waals surface area contributed by atoms with Crippen LogP contribution in [0.4, 0.5) is 0 Å². The zero-order valence-corrected chi connectivity index (χ0v) is 12.6. The van der Waals surface area contributed by atoms with Gasteiger partial charge in [-0.15, -0.1) is 0 Å². The number of ether oxygens (including phenoxy) is 1. The van der Waals surface area contributed by atoms with Crippen molar-refractivity contribution in [2.75, 3.05) is 52.9 Å². The summed E-state index contributed by atoms with van der Waals surface area (Å²) in [5, 5.41) is 0. The molecule has 0 saturated carbocycles. The molecule has 0 N–H and O–H groups in total. The lowest BCUT2D eigenvalue weighted by atomic mass is 9.97. The van der Waals surface area contributed by atoms with Crippen LogP contribution in [-0.2, 0) is 4.74 Å². The normalized spacial score (nSPS) is 39.2. The molecule has 3 saturated heterocycles. The Balaban J connectivity index is 1.55. The van der Waals surface area contributed by atoms with Gasteiger partial charge in [-0.2, -0.15) is 0 Å². The van der Waals surface area contributed by atoms with Crippen LogP contribution in [0.3, 0.4) is 0 Å². The van der Waals surface area contributed by atoms with E-state index in [1.165, 1.54) is 38.9 Å². The molecule has 110 valence electrons. The maximum Gasteiger partial charge on any atom is 0.0829 e. The van der Waals surface area contributed by atoms with Gasteiger partial charge in [0, 0.05) is 44.8 Å². The highest BCUT2D eigenvalue weighted by atomic mass is 16.5. The zero-order chi connectivity index (χ0) is 13.2. The molecule has 3 aliphatic rings. The van der Waals surface area contributed by atoms with E-state index in [2.05, 4.69) is 28.7 Å². The van der Waals surface area contributed by atoms with E-state index in [4.69, 9.17) is 4.74 Å². The topological polar surface area (TPSA) is 19.0 Å². The number of piperidine rings is 1. The van der Waals surface area contributed by atoms with E-state index >= 15 is 0 Å². The van der Waals surface area contributed by atoms with Crippen molar-refractivity contribution in [3.8, 4) is 0 Å². The SMILES string of the molecule is CC1CN2CCCCC2CN1CC1CN(C)CCO1. The average molecular weight is 267 g/mol. The van der Waals surface area contributed by atoms with Gasteiger partial charge in [-0.25, -0.2) is 0 Å². The van der Waals surface area contributed by atoms with E-state index in [0.29, 0.717) is 12.1 Å². The number of likely N-dealkylation sites (N-methyl/N-ethyl adjacent to an activating group) is 1. The van der Waals surface area contributed by atoms with Gasteiger partial charge in [0.2, 0.25) is 0 Å². The van der Waals surface area contributed by atoms with Gasteiger partial charge in [0.15, 0.2) is 0 Å². The number of nitrogens with zero attached hydrogens (tertiary/aromatic N) is 3. The van der Waals surface area contributed by atoms with Gasteiger partial charge in [0.05, 0.1) is 12.7 Å². The summed E-state index contributed by atoms with van der Waals surface area (Å²) in [7, 11) is 2.21. The minimum Gasteiger partial charge on any atom is -0.374 e. The van der Waals surface area contributed by atoms with E-state index in [1.807, 2.05) is 0 Å². The van der Waals surface area contributed by atoms with Crippen LogP contribution in [0.15, 0.2) is 0 Å². The number of piperazine rings is 1. The van der Waals surface area contributed by atoms with Gasteiger partial charge in [0.25, 0.3) is 0 Å². The van der Waals surface area contributed by atoms with Crippen LogP contribution in [0.1, 0.15) is 26.2 Å². The van der Waals surface area contributed by atoms with Crippen molar-refractivity contribution >= 4 is 0 Å². The quantitative estimate of drug-likeness (QED) is 0.739. The predicted molar refractivity (Wildman–Crippen MR) is 77.5 cm³/mol. The Labute approximate surface area is 117 Å². The first-order chi connectivity index (χ1) is 9.22. The fraction of sp³-hybridized carbons (Fsp3) is 1.00. The Kier molecular flexibility index (Phi) is 4.42. The van der Waals surface area contributed by atoms with E-state index in [-0.39, 0.29) is 0 Å². The molecule has 4 nitrogen and oxygen atoms in total. The first-order valence-electron chi connectivity index (χ1n) is 8.00. The molecule has 19 heavy (non-hydrogen) atoms. The lowest BCUT2D eigenvalue weighted by Crippen LogP contribution is -2.60. The van der Waals surface area contributed by atoms with Crippen molar-refractivity contribution < 1.29 is 4.74 Å². The monoisotopic (exact) mass is 267 g/mol. The fourth-order valence-corrected chi connectivity index (χ4v) is 3.91. The van der Waals surface area contributed by atoms with Crippen LogP contribution in [0.5, 0.6) is 0 Å². The largest absolute Gasteiger partial charge is 0.374 e. The Morgan fingerprint density at radius 3 is 2.84 bits per heavy atom. The molecule has 0 aliphatic carbocycles. The lowest BCUT2D eigenvalue weighted by Gasteiger charge is -2.48. The fourth-order valence-electron chi connectivity index (χ4n) is 3.91. The summed E-state index contributed by atoms with van der Waals surface area (Å²) >= 11 is 0. The molecule has 3 aliphatic heterocycles. The molecule has 0 amide bonds. The van der Waals surface area contributed by atoms with Crippen molar-refractivity contribution in [2.45, 2.75) is 44.4 Å². The molecule has 0 aromatic rings. The molecule has 3 fully saturated rings. The van der Waals surface area contributed by atoms with Crippen LogP contribution in [-0.4, -0.2) is 85.8 Å². The Morgan fingerprint density at radius 1 is 1.11 bits per heavy atom. The van der Waals surface area contributed by atoms with Gasteiger partial charge in [0.1, 0.15) is 0 Å². The van der Waals surface area contributed by atoms with Gasteiger partial charge in [-0.3, -0.25) is 9.80 Å². The summed E-state index contributed by atoms with van der Waals surface area (Å²) in [6, 6.07) is 1.50. The summed E-state index contributed by atoms with van der Waals surface area (Å²) < 4.78 is 5.94. The first-order valence-corrected chi connectivity index (χ1v) is 8.00. The van der Waals surface area contributed by atoms with Crippen molar-refractivity contribution in [1.29, 1.82) is 0 Å². The first kappa shape index (κ1) is 13.8. The van der Waals surface area contributed by atoms with Crippen LogP contribution < -0.4 is 0 Å². The second-order valence-corrected chi connectivity index (χ2v) is 6.70. The second kappa shape index (κ2) is 6.08. The Morgan fingerprint density at radius 2 is 2.00 bits per heavy atom. The minimum atomic E-state index is 0.413. The van der Waals surface area contributed by atoms with E-state index in [1.54, 1.807) is 0 Å². The Bertz CT molecular complexity index is 299. The molecule has 0 aromatic heterocycles. The van der Waals surface area contributed by atoms with Crippen LogP contribution in [0.25, 0.3) is 0 Å². The van der Waals surface area contributed by atoms with Crippen LogP contribution >= 0.6 is 0 Å². The van der Waals surface area contributed by atoms with Crippen molar-refractivity contribution in [3.63, 3.8) is 0 Å². The third kappa shape index (κ3) is 3.30. The third-order valence-corrected chi connectivity index (χ3v) is 5.10. The van der Waals surface area contributed by atoms with Crippen molar-refractivity contribution in [2.24, 2.45) is 0 Å². The van der Waals surface area contributed by atoms with Crippen LogP contribution in [0, 0.1) is 0 Å². The number of morpholine rings is 1. The highest BCUT2D eigenvalue weighted by molar-refractivity contribution is 4.90. The molecule has 3 rings (SSSR count). The molecule has 4 heteroatoms. The van der Waals surface area contributed by atoms with Gasteiger partial charge in [-0.1, -0.05) is 6.42 Å². The van der Waals surface area contributed by atoms with Crippen molar-refractivity contribution in [1.82, 2.24) is 14.7 Å². The third-order valence-electron chi connectivity index (χ3n) is 5.10. The number of rotatable bonds is 2. The molecule has 3 heterocycles. The lowest BCUT2D eigenvalue weighted by molar-refractivity contribution is -0.0608. The maximum atomic E-state index is 5.94. The molecule has 0 bridgehead atoms. The average Bonchev–Trinajstić information content (AvgIpc) is 2.40. The van der Waals surface area contributed by atoms with Gasteiger partial charge < -0.3 is 9.64 Å². The summed E-state index contributed by atoms with van der Waals surface area (Å²) in [6.45, 7) is 10.4. The second-order valence-electron chi connectivity index (χ2n) is 6.70. The standard InChI is InChI=1S/C15H29N3O/c1-13-9-17-6-4-3-5-14(17)10-18(13)12-15-11-16(2)7-8-19-15/h13-15H,3-12H2,1-2H3. The highest BCUT2D eigenvalue weighted by Gasteiger charge is 2.34. The maximum absolute atomic E-state index is 5.94. The van der Waals surface area contributed by atoms with Crippen molar-refractivity contribution in [3.05, 3.63) is 0 Å². The Hall–Kier alpha value is -0.160. The number of hydrogen-bond donors (Lipinski definition) is 0. The molecular weight excluding hydrogens is 238 g/mol. The van der Waals surface area contributed by atoms with Gasteiger partial charge >= 0.3 is 0 Å².